The van der Waals surface area contributed by atoms with Crippen LogP contribution in [0.1, 0.15) is 38.2 Å². The second kappa shape index (κ2) is 10.7. The van der Waals surface area contributed by atoms with Gasteiger partial charge in [-0.2, -0.15) is 0 Å². The fourth-order valence-electron chi connectivity index (χ4n) is 3.55. The molecule has 0 saturated heterocycles. The van der Waals surface area contributed by atoms with Crippen molar-refractivity contribution in [2.24, 2.45) is 0 Å². The number of halogens is 1. The third-order valence-corrected chi connectivity index (χ3v) is 6.45. The van der Waals surface area contributed by atoms with Gasteiger partial charge in [0, 0.05) is 22.5 Å². The smallest absolute Gasteiger partial charge is 0.242 e. The summed E-state index contributed by atoms with van der Waals surface area (Å²) in [6.45, 7) is 2.16. The minimum atomic E-state index is -0.543. The van der Waals surface area contributed by atoms with Gasteiger partial charge in [-0.15, -0.1) is 11.8 Å². The van der Waals surface area contributed by atoms with Gasteiger partial charge < -0.3 is 10.2 Å². The van der Waals surface area contributed by atoms with E-state index in [9.17, 15) is 9.59 Å². The average molecular weight is 431 g/mol. The molecule has 2 amide bonds. The third kappa shape index (κ3) is 6.51. The zero-order valence-electron chi connectivity index (χ0n) is 16.6. The largest absolute Gasteiger partial charge is 0.352 e. The molecule has 0 heterocycles. The normalized spacial score (nSPS) is 15.1. The zero-order valence-corrected chi connectivity index (χ0v) is 18.2. The van der Waals surface area contributed by atoms with Crippen molar-refractivity contribution in [2.75, 3.05) is 5.75 Å². The average Bonchev–Trinajstić information content (AvgIpc) is 3.23. The zero-order chi connectivity index (χ0) is 20.6. The molecule has 1 fully saturated rings. The molecule has 0 bridgehead atoms. The Bertz CT molecular complexity index is 825. The van der Waals surface area contributed by atoms with Crippen LogP contribution in [0.5, 0.6) is 0 Å². The number of rotatable bonds is 8. The molecule has 2 aromatic carbocycles. The standard InChI is InChI=1S/C23H27ClN2O2S/c1-17(23(28)25-20-10-5-6-11-20)26(15-18-8-7-9-19(24)14-18)22(27)16-29-21-12-3-2-4-13-21/h2-4,7-9,12-14,17,20H,5-6,10-11,15-16H2,1H3,(H,25,28)/t17-/m0/s1. The molecule has 1 aliphatic rings. The highest BCUT2D eigenvalue weighted by Crippen LogP contribution is 2.21. The van der Waals surface area contributed by atoms with E-state index in [1.807, 2.05) is 48.5 Å². The molecule has 3 rings (SSSR count). The van der Waals surface area contributed by atoms with E-state index in [2.05, 4.69) is 5.32 Å². The van der Waals surface area contributed by atoms with Crippen molar-refractivity contribution >= 4 is 35.2 Å². The highest BCUT2D eigenvalue weighted by molar-refractivity contribution is 8.00. The first-order chi connectivity index (χ1) is 14.0. The summed E-state index contributed by atoms with van der Waals surface area (Å²) in [4.78, 5) is 28.6. The van der Waals surface area contributed by atoms with Gasteiger partial charge in [-0.05, 0) is 49.6 Å². The Kier molecular flexibility index (Phi) is 8.01. The number of nitrogens with one attached hydrogen (secondary N) is 1. The first-order valence-electron chi connectivity index (χ1n) is 10.0. The van der Waals surface area contributed by atoms with Gasteiger partial charge in [-0.25, -0.2) is 0 Å². The summed E-state index contributed by atoms with van der Waals surface area (Å²) in [7, 11) is 0. The Morgan fingerprint density at radius 2 is 1.86 bits per heavy atom. The van der Waals surface area contributed by atoms with Crippen LogP contribution in [-0.2, 0) is 16.1 Å². The van der Waals surface area contributed by atoms with E-state index >= 15 is 0 Å². The van der Waals surface area contributed by atoms with E-state index in [0.717, 1.165) is 36.1 Å². The summed E-state index contributed by atoms with van der Waals surface area (Å²) in [5.74, 6) is 0.135. The van der Waals surface area contributed by atoms with Crippen LogP contribution in [-0.4, -0.2) is 34.6 Å². The van der Waals surface area contributed by atoms with Gasteiger partial charge in [0.25, 0.3) is 0 Å². The molecule has 1 saturated carbocycles. The summed E-state index contributed by atoms with van der Waals surface area (Å²) < 4.78 is 0. The van der Waals surface area contributed by atoms with E-state index in [0.29, 0.717) is 11.6 Å². The maximum Gasteiger partial charge on any atom is 0.242 e. The molecule has 0 unspecified atom stereocenters. The molecular formula is C23H27ClN2O2S. The fourth-order valence-corrected chi connectivity index (χ4v) is 4.57. The molecule has 4 nitrogen and oxygen atoms in total. The molecule has 0 aliphatic heterocycles. The van der Waals surface area contributed by atoms with Gasteiger partial charge in [-0.1, -0.05) is 54.8 Å². The van der Waals surface area contributed by atoms with Crippen molar-refractivity contribution in [2.45, 2.75) is 56.1 Å². The van der Waals surface area contributed by atoms with Crippen LogP contribution in [0.15, 0.2) is 59.5 Å². The molecule has 154 valence electrons. The third-order valence-electron chi connectivity index (χ3n) is 5.22. The predicted molar refractivity (Wildman–Crippen MR) is 119 cm³/mol. The van der Waals surface area contributed by atoms with E-state index in [4.69, 9.17) is 11.6 Å². The second-order valence-electron chi connectivity index (χ2n) is 7.42. The molecule has 0 spiro atoms. The monoisotopic (exact) mass is 430 g/mol. The molecule has 29 heavy (non-hydrogen) atoms. The fraction of sp³-hybridized carbons (Fsp3) is 0.391. The van der Waals surface area contributed by atoms with Crippen molar-refractivity contribution < 1.29 is 9.59 Å². The molecule has 0 aromatic heterocycles. The molecule has 1 atom stereocenters. The Labute approximate surface area is 182 Å². The topological polar surface area (TPSA) is 49.4 Å². The van der Waals surface area contributed by atoms with Crippen molar-refractivity contribution in [3.8, 4) is 0 Å². The lowest BCUT2D eigenvalue weighted by Crippen LogP contribution is -2.50. The summed E-state index contributed by atoms with van der Waals surface area (Å²) >= 11 is 7.60. The maximum absolute atomic E-state index is 13.1. The van der Waals surface area contributed by atoms with Gasteiger partial charge in [0.1, 0.15) is 6.04 Å². The SMILES string of the molecule is C[C@@H](C(=O)NC1CCCC1)N(Cc1cccc(Cl)c1)C(=O)CSc1ccccc1. The predicted octanol–water partition coefficient (Wildman–Crippen LogP) is 4.91. The number of amides is 2. The summed E-state index contributed by atoms with van der Waals surface area (Å²) in [5, 5.41) is 3.74. The molecule has 6 heteroatoms. The minimum absolute atomic E-state index is 0.0621. The number of hydrogen-bond acceptors (Lipinski definition) is 3. The van der Waals surface area contributed by atoms with Crippen LogP contribution in [0, 0.1) is 0 Å². The van der Waals surface area contributed by atoms with Crippen LogP contribution in [0.2, 0.25) is 5.02 Å². The number of benzene rings is 2. The first-order valence-corrected chi connectivity index (χ1v) is 11.4. The quantitative estimate of drug-likeness (QED) is 0.605. The summed E-state index contributed by atoms with van der Waals surface area (Å²) in [6.07, 6.45) is 4.34. The summed E-state index contributed by atoms with van der Waals surface area (Å²) in [6, 6.07) is 16.9. The number of carbonyl (C=O) groups excluding carboxylic acids is 2. The van der Waals surface area contributed by atoms with Crippen LogP contribution < -0.4 is 5.32 Å². The Morgan fingerprint density at radius 3 is 2.55 bits per heavy atom. The van der Waals surface area contributed by atoms with Gasteiger partial charge in [-0.3, -0.25) is 9.59 Å². The van der Waals surface area contributed by atoms with Crippen LogP contribution >= 0.6 is 23.4 Å². The lowest BCUT2D eigenvalue weighted by Gasteiger charge is -2.29. The molecule has 0 radical (unpaired) electrons. The number of hydrogen-bond donors (Lipinski definition) is 1. The highest BCUT2D eigenvalue weighted by atomic mass is 35.5. The number of carbonyl (C=O) groups is 2. The van der Waals surface area contributed by atoms with Crippen LogP contribution in [0.3, 0.4) is 0 Å². The molecular weight excluding hydrogens is 404 g/mol. The minimum Gasteiger partial charge on any atom is -0.352 e. The van der Waals surface area contributed by atoms with Crippen molar-refractivity contribution in [3.63, 3.8) is 0 Å². The maximum atomic E-state index is 13.1. The molecule has 2 aromatic rings. The van der Waals surface area contributed by atoms with E-state index in [1.165, 1.54) is 11.8 Å². The number of thioether (sulfide) groups is 1. The second-order valence-corrected chi connectivity index (χ2v) is 8.90. The van der Waals surface area contributed by atoms with E-state index in [-0.39, 0.29) is 23.6 Å². The molecule has 1 aliphatic carbocycles. The van der Waals surface area contributed by atoms with Gasteiger partial charge >= 0.3 is 0 Å². The Hall–Kier alpha value is -1.98. The first kappa shape index (κ1) is 21.7. The molecule has 1 N–H and O–H groups in total. The highest BCUT2D eigenvalue weighted by Gasteiger charge is 2.28. The Balaban J connectivity index is 1.70. The lowest BCUT2D eigenvalue weighted by atomic mass is 10.1. The van der Waals surface area contributed by atoms with Gasteiger partial charge in [0.05, 0.1) is 5.75 Å². The summed E-state index contributed by atoms with van der Waals surface area (Å²) in [5.41, 5.74) is 0.913. The van der Waals surface area contributed by atoms with Crippen LogP contribution in [0.4, 0.5) is 0 Å². The lowest BCUT2D eigenvalue weighted by molar-refractivity contribution is -0.138. The van der Waals surface area contributed by atoms with Gasteiger partial charge in [0.15, 0.2) is 0 Å². The number of nitrogens with zero attached hydrogens (tertiary/aromatic N) is 1. The van der Waals surface area contributed by atoms with E-state index in [1.54, 1.807) is 17.9 Å². The van der Waals surface area contributed by atoms with Gasteiger partial charge in [0.2, 0.25) is 11.8 Å². The van der Waals surface area contributed by atoms with E-state index < -0.39 is 6.04 Å². The van der Waals surface area contributed by atoms with Crippen molar-refractivity contribution in [1.29, 1.82) is 0 Å². The van der Waals surface area contributed by atoms with Crippen molar-refractivity contribution in [3.05, 3.63) is 65.2 Å². The van der Waals surface area contributed by atoms with Crippen LogP contribution in [0.25, 0.3) is 0 Å². The Morgan fingerprint density at radius 1 is 1.14 bits per heavy atom. The van der Waals surface area contributed by atoms with Crippen molar-refractivity contribution in [1.82, 2.24) is 10.2 Å².